The van der Waals surface area contributed by atoms with Gasteiger partial charge in [-0.05, 0) is 92.3 Å². The molecule has 4 heteroatoms. The van der Waals surface area contributed by atoms with Crippen molar-refractivity contribution in [3.05, 3.63) is 75.5 Å². The molecule has 31 heavy (non-hydrogen) atoms. The van der Waals surface area contributed by atoms with Crippen molar-refractivity contribution in [3.63, 3.8) is 0 Å². The molecule has 1 aliphatic rings. The highest BCUT2D eigenvalue weighted by Gasteiger charge is 2.33. The van der Waals surface area contributed by atoms with Crippen molar-refractivity contribution in [1.82, 2.24) is 9.78 Å². The standard InChI is InChI=1S/C27H32N2O2/c1-7-29-26(31-23-13-9-8-11-17(23)2)22(16-28-29)25(30)21-15-18(3)20-12-10-14-27(5,6)24(20)19(21)4/h8-9,11,13,15-16H,7,10,12,14H2,1-6H3. The summed E-state index contributed by atoms with van der Waals surface area (Å²) in [6.45, 7) is 13.5. The van der Waals surface area contributed by atoms with Crippen LogP contribution in [-0.4, -0.2) is 15.6 Å². The molecule has 0 N–H and O–H groups in total. The number of para-hydroxylation sites is 1. The molecule has 4 nitrogen and oxygen atoms in total. The maximum Gasteiger partial charge on any atom is 0.229 e. The molecular formula is C27H32N2O2. The van der Waals surface area contributed by atoms with Crippen molar-refractivity contribution in [2.45, 2.75) is 72.8 Å². The number of rotatable bonds is 5. The summed E-state index contributed by atoms with van der Waals surface area (Å²) in [5.74, 6) is 1.23. The van der Waals surface area contributed by atoms with Crippen molar-refractivity contribution in [1.29, 1.82) is 0 Å². The molecular weight excluding hydrogens is 384 g/mol. The number of ketones is 1. The maximum atomic E-state index is 13.8. The number of hydrogen-bond acceptors (Lipinski definition) is 3. The largest absolute Gasteiger partial charge is 0.438 e. The molecule has 4 rings (SSSR count). The minimum absolute atomic E-state index is 0.0203. The molecule has 0 unspecified atom stereocenters. The van der Waals surface area contributed by atoms with E-state index in [1.54, 1.807) is 10.9 Å². The van der Waals surface area contributed by atoms with Crippen LogP contribution in [0.15, 0.2) is 36.5 Å². The van der Waals surface area contributed by atoms with Crippen LogP contribution in [0.2, 0.25) is 0 Å². The number of nitrogens with zero attached hydrogens (tertiary/aromatic N) is 2. The first-order chi connectivity index (χ1) is 14.7. The van der Waals surface area contributed by atoms with Crippen LogP contribution in [0.3, 0.4) is 0 Å². The van der Waals surface area contributed by atoms with Gasteiger partial charge in [-0.3, -0.25) is 4.79 Å². The quantitative estimate of drug-likeness (QED) is 0.448. The van der Waals surface area contributed by atoms with Gasteiger partial charge in [0, 0.05) is 12.1 Å². The number of carbonyl (C=O) groups is 1. The third kappa shape index (κ3) is 3.69. The van der Waals surface area contributed by atoms with Gasteiger partial charge in [0.05, 0.1) is 6.20 Å². The molecule has 0 amide bonds. The Morgan fingerprint density at radius 1 is 1.13 bits per heavy atom. The molecule has 2 aromatic carbocycles. The highest BCUT2D eigenvalue weighted by Crippen LogP contribution is 2.42. The Bertz CT molecular complexity index is 1150. The molecule has 0 atom stereocenters. The summed E-state index contributed by atoms with van der Waals surface area (Å²) < 4.78 is 8.00. The van der Waals surface area contributed by atoms with Gasteiger partial charge in [0.1, 0.15) is 11.3 Å². The number of fused-ring (bicyclic) bond motifs is 1. The van der Waals surface area contributed by atoms with E-state index in [2.05, 4.69) is 38.9 Å². The number of ether oxygens (including phenoxy) is 1. The average Bonchev–Trinajstić information content (AvgIpc) is 3.13. The van der Waals surface area contributed by atoms with E-state index in [0.29, 0.717) is 18.0 Å². The van der Waals surface area contributed by atoms with Gasteiger partial charge in [-0.15, -0.1) is 0 Å². The fourth-order valence-corrected chi connectivity index (χ4v) is 5.06. The van der Waals surface area contributed by atoms with E-state index in [0.717, 1.165) is 35.3 Å². The van der Waals surface area contributed by atoms with Crippen molar-refractivity contribution in [3.8, 4) is 11.6 Å². The van der Waals surface area contributed by atoms with E-state index in [-0.39, 0.29) is 11.2 Å². The second-order valence-corrected chi connectivity index (χ2v) is 9.33. The summed E-state index contributed by atoms with van der Waals surface area (Å²) in [4.78, 5) is 13.8. The first-order valence-corrected chi connectivity index (χ1v) is 11.2. The highest BCUT2D eigenvalue weighted by molar-refractivity contribution is 6.11. The second kappa shape index (κ2) is 7.99. The van der Waals surface area contributed by atoms with Crippen molar-refractivity contribution in [2.75, 3.05) is 0 Å². The molecule has 0 saturated heterocycles. The summed E-state index contributed by atoms with van der Waals surface area (Å²) in [7, 11) is 0. The molecule has 0 spiro atoms. The molecule has 0 saturated carbocycles. The molecule has 3 aromatic rings. The summed E-state index contributed by atoms with van der Waals surface area (Å²) in [6.07, 6.45) is 5.09. The Kier molecular flexibility index (Phi) is 5.50. The van der Waals surface area contributed by atoms with Crippen LogP contribution in [-0.2, 0) is 18.4 Å². The molecule has 162 valence electrons. The normalized spacial score (nSPS) is 14.9. The van der Waals surface area contributed by atoms with Crippen LogP contribution in [0.25, 0.3) is 0 Å². The van der Waals surface area contributed by atoms with Crippen molar-refractivity contribution in [2.24, 2.45) is 0 Å². The van der Waals surface area contributed by atoms with Crippen LogP contribution in [0.5, 0.6) is 11.6 Å². The van der Waals surface area contributed by atoms with Gasteiger partial charge in [-0.2, -0.15) is 5.10 Å². The summed E-state index contributed by atoms with van der Waals surface area (Å²) in [5.41, 5.74) is 7.46. The molecule has 0 aliphatic heterocycles. The highest BCUT2D eigenvalue weighted by atomic mass is 16.5. The number of aryl methyl sites for hydroxylation is 3. The van der Waals surface area contributed by atoms with E-state index in [4.69, 9.17) is 4.74 Å². The number of aromatic nitrogens is 2. The smallest absolute Gasteiger partial charge is 0.229 e. The molecule has 0 bridgehead atoms. The zero-order valence-corrected chi connectivity index (χ0v) is 19.5. The molecule has 1 aliphatic carbocycles. The number of hydrogen-bond donors (Lipinski definition) is 0. The lowest BCUT2D eigenvalue weighted by Crippen LogP contribution is -2.27. The van der Waals surface area contributed by atoms with Crippen LogP contribution < -0.4 is 4.74 Å². The Morgan fingerprint density at radius 3 is 2.58 bits per heavy atom. The fraction of sp³-hybridized carbons (Fsp3) is 0.407. The van der Waals surface area contributed by atoms with Crippen LogP contribution in [0, 0.1) is 20.8 Å². The summed E-state index contributed by atoms with van der Waals surface area (Å²) in [6, 6.07) is 9.91. The van der Waals surface area contributed by atoms with Gasteiger partial charge in [-0.25, -0.2) is 4.68 Å². The first kappa shape index (κ1) is 21.4. The zero-order chi connectivity index (χ0) is 22.3. The van der Waals surface area contributed by atoms with E-state index in [1.807, 2.05) is 38.1 Å². The Morgan fingerprint density at radius 2 is 1.87 bits per heavy atom. The second-order valence-electron chi connectivity index (χ2n) is 9.33. The lowest BCUT2D eigenvalue weighted by Gasteiger charge is -2.36. The third-order valence-corrected chi connectivity index (χ3v) is 6.70. The van der Waals surface area contributed by atoms with Gasteiger partial charge in [-0.1, -0.05) is 32.0 Å². The predicted octanol–water partition coefficient (Wildman–Crippen LogP) is 6.47. The van der Waals surface area contributed by atoms with Crippen LogP contribution in [0.1, 0.15) is 77.4 Å². The van der Waals surface area contributed by atoms with Gasteiger partial charge in [0.25, 0.3) is 0 Å². The van der Waals surface area contributed by atoms with Gasteiger partial charge in [0.2, 0.25) is 5.88 Å². The Labute approximate surface area is 185 Å². The Balaban J connectivity index is 1.82. The Hall–Kier alpha value is -2.88. The predicted molar refractivity (Wildman–Crippen MR) is 124 cm³/mol. The lowest BCUT2D eigenvalue weighted by atomic mass is 9.68. The van der Waals surface area contributed by atoms with Crippen LogP contribution >= 0.6 is 0 Å². The lowest BCUT2D eigenvalue weighted by molar-refractivity contribution is 0.103. The topological polar surface area (TPSA) is 44.1 Å². The third-order valence-electron chi connectivity index (χ3n) is 6.70. The van der Waals surface area contributed by atoms with E-state index in [1.165, 1.54) is 23.1 Å². The van der Waals surface area contributed by atoms with Gasteiger partial charge >= 0.3 is 0 Å². The van der Waals surface area contributed by atoms with Crippen molar-refractivity contribution < 1.29 is 9.53 Å². The maximum absolute atomic E-state index is 13.8. The summed E-state index contributed by atoms with van der Waals surface area (Å²) >= 11 is 0. The van der Waals surface area contributed by atoms with Crippen LogP contribution in [0.4, 0.5) is 0 Å². The minimum atomic E-state index is -0.0203. The van der Waals surface area contributed by atoms with E-state index >= 15 is 0 Å². The van der Waals surface area contributed by atoms with E-state index < -0.39 is 0 Å². The first-order valence-electron chi connectivity index (χ1n) is 11.2. The monoisotopic (exact) mass is 416 g/mol. The molecule has 0 fully saturated rings. The summed E-state index contributed by atoms with van der Waals surface area (Å²) in [5, 5.41) is 4.45. The number of benzene rings is 2. The zero-order valence-electron chi connectivity index (χ0n) is 19.5. The average molecular weight is 417 g/mol. The fourth-order valence-electron chi connectivity index (χ4n) is 5.06. The SMILES string of the molecule is CCn1ncc(C(=O)c2cc(C)c3c(c2C)C(C)(C)CCC3)c1Oc1ccccc1C. The van der Waals surface area contributed by atoms with Gasteiger partial charge < -0.3 is 4.74 Å². The van der Waals surface area contributed by atoms with E-state index in [9.17, 15) is 4.79 Å². The number of carbonyl (C=O) groups excluding carboxylic acids is 1. The minimum Gasteiger partial charge on any atom is -0.438 e. The molecule has 1 aromatic heterocycles. The molecule has 1 heterocycles. The van der Waals surface area contributed by atoms with Crippen molar-refractivity contribution >= 4 is 5.78 Å². The van der Waals surface area contributed by atoms with Gasteiger partial charge in [0.15, 0.2) is 5.78 Å². The molecule has 0 radical (unpaired) electrons.